The maximum Gasteiger partial charge on any atom is 0.303 e. The van der Waals surface area contributed by atoms with Gasteiger partial charge in [-0.15, -0.1) is 0 Å². The normalized spacial score (nSPS) is 23.6. The van der Waals surface area contributed by atoms with E-state index in [1.165, 1.54) is 0 Å². The van der Waals surface area contributed by atoms with E-state index in [-0.39, 0.29) is 18.4 Å². The number of rotatable bonds is 7. The summed E-state index contributed by atoms with van der Waals surface area (Å²) in [5.41, 5.74) is 0. The maximum absolute atomic E-state index is 11.4. The molecule has 1 aliphatic heterocycles. The molecule has 1 amide bonds. The number of nitrogens with one attached hydrogen (secondary N) is 1. The number of hydrogen-bond donors (Lipinski definition) is 2. The van der Waals surface area contributed by atoms with E-state index < -0.39 is 5.97 Å². The van der Waals surface area contributed by atoms with Crippen LogP contribution >= 0.6 is 0 Å². The molecule has 5 heteroatoms. The number of carboxylic acid groups (broad SMARTS) is 1. The average molecular weight is 243 g/mol. The van der Waals surface area contributed by atoms with E-state index in [1.54, 1.807) is 0 Å². The third-order valence-electron chi connectivity index (χ3n) is 2.90. The van der Waals surface area contributed by atoms with Gasteiger partial charge in [-0.1, -0.05) is 0 Å². The fourth-order valence-electron chi connectivity index (χ4n) is 1.95. The highest BCUT2D eigenvalue weighted by Crippen LogP contribution is 2.22. The topological polar surface area (TPSA) is 75.6 Å². The monoisotopic (exact) mass is 243 g/mol. The van der Waals surface area contributed by atoms with Crippen LogP contribution in [-0.2, 0) is 14.3 Å². The summed E-state index contributed by atoms with van der Waals surface area (Å²) in [7, 11) is 0. The molecule has 2 atom stereocenters. The molecule has 1 fully saturated rings. The van der Waals surface area contributed by atoms with Crippen molar-refractivity contribution in [2.75, 3.05) is 6.54 Å². The van der Waals surface area contributed by atoms with Crippen LogP contribution in [-0.4, -0.2) is 35.7 Å². The number of aliphatic carboxylic acids is 1. The van der Waals surface area contributed by atoms with E-state index in [9.17, 15) is 9.59 Å². The lowest BCUT2D eigenvalue weighted by Gasteiger charge is -2.10. The summed E-state index contributed by atoms with van der Waals surface area (Å²) in [6.45, 7) is 2.49. The van der Waals surface area contributed by atoms with Gasteiger partial charge in [0.05, 0.1) is 12.2 Å². The van der Waals surface area contributed by atoms with Crippen LogP contribution < -0.4 is 5.32 Å². The molecule has 1 saturated heterocycles. The highest BCUT2D eigenvalue weighted by Gasteiger charge is 2.21. The van der Waals surface area contributed by atoms with Crippen molar-refractivity contribution in [3.63, 3.8) is 0 Å². The Morgan fingerprint density at radius 3 is 2.71 bits per heavy atom. The molecular formula is C12H21NO4. The van der Waals surface area contributed by atoms with Crippen LogP contribution in [0.4, 0.5) is 0 Å². The first kappa shape index (κ1) is 14.0. The summed E-state index contributed by atoms with van der Waals surface area (Å²) in [5, 5.41) is 11.1. The molecule has 0 spiro atoms. The second-order valence-corrected chi connectivity index (χ2v) is 4.53. The standard InChI is InChI=1S/C12H21NO4/c1-9-4-5-10(17-9)6-7-11(14)13-8-2-3-12(15)16/h9-10H,2-8H2,1H3,(H,13,14)(H,15,16). The van der Waals surface area contributed by atoms with Crippen molar-refractivity contribution in [3.05, 3.63) is 0 Å². The van der Waals surface area contributed by atoms with Crippen molar-refractivity contribution in [3.8, 4) is 0 Å². The lowest BCUT2D eigenvalue weighted by Crippen LogP contribution is -2.25. The Labute approximate surface area is 102 Å². The number of carboxylic acids is 1. The first-order valence-corrected chi connectivity index (χ1v) is 6.22. The molecular weight excluding hydrogens is 222 g/mol. The van der Waals surface area contributed by atoms with Crippen LogP contribution in [0.2, 0.25) is 0 Å². The van der Waals surface area contributed by atoms with E-state index in [0.29, 0.717) is 25.5 Å². The highest BCUT2D eigenvalue weighted by atomic mass is 16.5. The largest absolute Gasteiger partial charge is 0.481 e. The zero-order chi connectivity index (χ0) is 12.7. The van der Waals surface area contributed by atoms with Gasteiger partial charge in [-0.05, 0) is 32.6 Å². The van der Waals surface area contributed by atoms with Crippen molar-refractivity contribution in [1.29, 1.82) is 0 Å². The molecule has 0 aromatic carbocycles. The van der Waals surface area contributed by atoms with Gasteiger partial charge in [0.25, 0.3) is 0 Å². The van der Waals surface area contributed by atoms with E-state index in [1.807, 2.05) is 6.92 Å². The molecule has 1 rings (SSSR count). The smallest absolute Gasteiger partial charge is 0.303 e. The quantitative estimate of drug-likeness (QED) is 0.661. The van der Waals surface area contributed by atoms with Crippen LogP contribution in [0.1, 0.15) is 45.4 Å². The minimum atomic E-state index is -0.826. The minimum absolute atomic E-state index is 0.0152. The van der Waals surface area contributed by atoms with Crippen LogP contribution in [0.3, 0.4) is 0 Å². The van der Waals surface area contributed by atoms with Crippen molar-refractivity contribution in [1.82, 2.24) is 5.32 Å². The van der Waals surface area contributed by atoms with Gasteiger partial charge in [0, 0.05) is 19.4 Å². The van der Waals surface area contributed by atoms with E-state index in [2.05, 4.69) is 5.32 Å². The predicted octanol–water partition coefficient (Wildman–Crippen LogP) is 1.32. The average Bonchev–Trinajstić information content (AvgIpc) is 2.67. The Hall–Kier alpha value is -1.10. The molecule has 0 bridgehead atoms. The summed E-state index contributed by atoms with van der Waals surface area (Å²) in [5.74, 6) is -0.842. The Kier molecular flexibility index (Phi) is 5.97. The van der Waals surface area contributed by atoms with E-state index >= 15 is 0 Å². The second-order valence-electron chi connectivity index (χ2n) is 4.53. The summed E-state index contributed by atoms with van der Waals surface area (Å²) in [6.07, 6.45) is 4.45. The Bertz CT molecular complexity index is 267. The van der Waals surface area contributed by atoms with E-state index in [0.717, 1.165) is 19.3 Å². The van der Waals surface area contributed by atoms with Gasteiger partial charge in [-0.2, -0.15) is 0 Å². The number of carbonyl (C=O) groups is 2. The zero-order valence-corrected chi connectivity index (χ0v) is 10.3. The van der Waals surface area contributed by atoms with Crippen molar-refractivity contribution in [2.45, 2.75) is 57.7 Å². The first-order chi connectivity index (χ1) is 8.08. The molecule has 2 unspecified atom stereocenters. The number of hydrogen-bond acceptors (Lipinski definition) is 3. The predicted molar refractivity (Wildman–Crippen MR) is 62.7 cm³/mol. The molecule has 1 heterocycles. The Morgan fingerprint density at radius 1 is 1.35 bits per heavy atom. The summed E-state index contributed by atoms with van der Waals surface area (Å²) in [4.78, 5) is 21.7. The summed E-state index contributed by atoms with van der Waals surface area (Å²) >= 11 is 0. The first-order valence-electron chi connectivity index (χ1n) is 6.22. The SMILES string of the molecule is CC1CCC(CCC(=O)NCCCC(=O)O)O1. The van der Waals surface area contributed by atoms with Gasteiger partial charge in [-0.3, -0.25) is 9.59 Å². The summed E-state index contributed by atoms with van der Waals surface area (Å²) < 4.78 is 5.61. The lowest BCUT2D eigenvalue weighted by atomic mass is 10.1. The molecule has 0 aromatic heterocycles. The Balaban J connectivity index is 1.99. The van der Waals surface area contributed by atoms with Gasteiger partial charge in [0.2, 0.25) is 5.91 Å². The lowest BCUT2D eigenvalue weighted by molar-refractivity contribution is -0.137. The second kappa shape index (κ2) is 7.27. The third kappa shape index (κ3) is 6.26. The molecule has 0 aliphatic carbocycles. The van der Waals surface area contributed by atoms with Gasteiger partial charge >= 0.3 is 5.97 Å². The van der Waals surface area contributed by atoms with Crippen molar-refractivity contribution >= 4 is 11.9 Å². The highest BCUT2D eigenvalue weighted by molar-refractivity contribution is 5.75. The molecule has 0 aromatic rings. The molecule has 98 valence electrons. The van der Waals surface area contributed by atoms with Gasteiger partial charge < -0.3 is 15.2 Å². The zero-order valence-electron chi connectivity index (χ0n) is 10.3. The van der Waals surface area contributed by atoms with Crippen LogP contribution in [0.15, 0.2) is 0 Å². The van der Waals surface area contributed by atoms with Gasteiger partial charge in [0.1, 0.15) is 0 Å². The minimum Gasteiger partial charge on any atom is -0.481 e. The maximum atomic E-state index is 11.4. The van der Waals surface area contributed by atoms with E-state index in [4.69, 9.17) is 9.84 Å². The van der Waals surface area contributed by atoms with Crippen LogP contribution in [0.5, 0.6) is 0 Å². The molecule has 1 aliphatic rings. The van der Waals surface area contributed by atoms with Crippen LogP contribution in [0.25, 0.3) is 0 Å². The fourth-order valence-corrected chi connectivity index (χ4v) is 1.95. The number of amides is 1. The van der Waals surface area contributed by atoms with Crippen LogP contribution in [0, 0.1) is 0 Å². The fraction of sp³-hybridized carbons (Fsp3) is 0.833. The number of carbonyl (C=O) groups excluding carboxylic acids is 1. The molecule has 5 nitrogen and oxygen atoms in total. The van der Waals surface area contributed by atoms with Gasteiger partial charge in [-0.25, -0.2) is 0 Å². The van der Waals surface area contributed by atoms with Gasteiger partial charge in [0.15, 0.2) is 0 Å². The summed E-state index contributed by atoms with van der Waals surface area (Å²) in [6, 6.07) is 0. The Morgan fingerprint density at radius 2 is 2.12 bits per heavy atom. The molecule has 17 heavy (non-hydrogen) atoms. The van der Waals surface area contributed by atoms with Crippen molar-refractivity contribution < 1.29 is 19.4 Å². The number of ether oxygens (including phenoxy) is 1. The van der Waals surface area contributed by atoms with Crippen molar-refractivity contribution in [2.24, 2.45) is 0 Å². The third-order valence-corrected chi connectivity index (χ3v) is 2.90. The molecule has 2 N–H and O–H groups in total. The molecule has 0 radical (unpaired) electrons. The molecule has 0 saturated carbocycles.